The van der Waals surface area contributed by atoms with Crippen molar-refractivity contribution in [2.45, 2.75) is 170 Å². The fraction of sp³-hybridized carbons (Fsp3) is 0.458. The quantitative estimate of drug-likeness (QED) is 0.0544. The molecule has 2 aromatic heterocycles. The summed E-state index contributed by atoms with van der Waals surface area (Å²) >= 11 is 0. The lowest BCUT2D eigenvalue weighted by Gasteiger charge is -2.37. The number of aliphatic hydroxyl groups excluding tert-OH is 1. The van der Waals surface area contributed by atoms with E-state index in [4.69, 9.17) is 20.9 Å². The molecular weight excluding hydrogens is 1340 g/mol. The van der Waals surface area contributed by atoms with Gasteiger partial charge in [-0.25, -0.2) is 13.2 Å². The number of aromatic amines is 2. The minimum absolute atomic E-state index is 0.00111. The molecule has 0 aliphatic carbocycles. The molecule has 28 nitrogen and oxygen atoms in total. The van der Waals surface area contributed by atoms with Gasteiger partial charge in [0.2, 0.25) is 59.1 Å². The van der Waals surface area contributed by atoms with Gasteiger partial charge >= 0.3 is 0 Å². The number of halogens is 3. The monoisotopic (exact) mass is 1430 g/mol. The van der Waals surface area contributed by atoms with E-state index in [1.165, 1.54) is 87.5 Å². The van der Waals surface area contributed by atoms with Crippen molar-refractivity contribution in [1.29, 1.82) is 0 Å². The Bertz CT molecular complexity index is 4080. The smallest absolute Gasteiger partial charge is 0.257 e. The number of carbonyl (C=O) groups excluding carboxylic acids is 11. The maximum atomic E-state index is 16.2. The lowest BCUT2D eigenvalue weighted by Crippen LogP contribution is -2.64. The van der Waals surface area contributed by atoms with Crippen LogP contribution in [0.5, 0.6) is 11.5 Å². The van der Waals surface area contributed by atoms with Gasteiger partial charge in [-0.3, -0.25) is 52.7 Å². The zero-order valence-electron chi connectivity index (χ0n) is 57.7. The highest BCUT2D eigenvalue weighted by Gasteiger charge is 2.49. The molecule has 0 unspecified atom stereocenters. The molecule has 4 aromatic carbocycles. The van der Waals surface area contributed by atoms with E-state index in [9.17, 15) is 47.9 Å². The summed E-state index contributed by atoms with van der Waals surface area (Å²) in [5.74, 6) is -10.0. The van der Waals surface area contributed by atoms with Crippen LogP contribution in [0.4, 0.5) is 13.2 Å². The SMILES string of the molecule is COc1ccc(C[C@@H]2NC(=O)[C@H]([C@@H](C)O)NC(=O)[C@@H]3C[C@H](F)CN3C(=O)[C@H](Cc3c[nH]c4ccc(F)cc34)NC(=O)[C@H](CCc3c[nH]c4ccc(F)cc34)NC(=O)[C@@H](C)NC(=O)[C@H](CCCCN)NC(=O)CCCNC(=O)COc3ccc(cc3)C[C@@H](C(N)=O)NC(=O)[C@]3(C)CCCN3C2=O)cc1. The summed E-state index contributed by atoms with van der Waals surface area (Å²) in [6.07, 6.45) is -0.898. The first-order valence-corrected chi connectivity index (χ1v) is 34.4. The number of hydrogen-bond donors (Lipinski definition) is 13. The number of amides is 11. The predicted octanol–water partition coefficient (Wildman–Crippen LogP) is 1.61. The summed E-state index contributed by atoms with van der Waals surface area (Å²) in [5.41, 5.74) is 12.8. The summed E-state index contributed by atoms with van der Waals surface area (Å²) < 4.78 is 56.9. The van der Waals surface area contributed by atoms with Crippen LogP contribution in [-0.4, -0.2) is 196 Å². The second-order valence-corrected chi connectivity index (χ2v) is 26.6. The molecule has 11 amide bonds. The number of nitrogens with one attached hydrogen (secondary N) is 10. The summed E-state index contributed by atoms with van der Waals surface area (Å²) in [6, 6.07) is 8.24. The Balaban J connectivity index is 1.04. The average Bonchev–Trinajstić information content (AvgIpc) is 1.71. The fourth-order valence-corrected chi connectivity index (χ4v) is 13.1. The number of unbranched alkanes of at least 4 members (excludes halogenated alkanes) is 1. The number of aryl methyl sites for hydroxylation is 1. The summed E-state index contributed by atoms with van der Waals surface area (Å²) in [7, 11) is 1.45. The lowest BCUT2D eigenvalue weighted by molar-refractivity contribution is -0.147. The van der Waals surface area contributed by atoms with E-state index in [1.54, 1.807) is 42.6 Å². The molecular formula is C72H89F3N14O14. The molecule has 0 saturated carbocycles. The van der Waals surface area contributed by atoms with E-state index in [0.717, 1.165) is 4.90 Å². The maximum Gasteiger partial charge on any atom is 0.257 e. The number of nitrogens with zero attached hydrogens (tertiary/aromatic N) is 2. The number of H-pyrrole nitrogens is 2. The molecule has 6 heterocycles. The van der Waals surface area contributed by atoms with Crippen molar-refractivity contribution in [3.8, 4) is 11.5 Å². The van der Waals surface area contributed by atoms with Crippen LogP contribution in [-0.2, 0) is 78.4 Å². The minimum Gasteiger partial charge on any atom is -0.497 e. The molecule has 103 heavy (non-hydrogen) atoms. The Labute approximate surface area is 591 Å². The zero-order chi connectivity index (χ0) is 74.2. The van der Waals surface area contributed by atoms with Crippen LogP contribution in [0.25, 0.3) is 21.8 Å². The molecule has 10 rings (SSSR count). The molecule has 31 heteroatoms. The Hall–Kier alpha value is -10.6. The van der Waals surface area contributed by atoms with Gasteiger partial charge in [-0.05, 0) is 162 Å². The molecule has 0 radical (unpaired) electrons. The van der Waals surface area contributed by atoms with Gasteiger partial charge in [-0.1, -0.05) is 24.3 Å². The van der Waals surface area contributed by atoms with Gasteiger partial charge in [0, 0.05) is 79.4 Å². The van der Waals surface area contributed by atoms with E-state index >= 15 is 23.2 Å². The molecule has 4 aliphatic heterocycles. The topological polar surface area (TPSA) is 413 Å². The van der Waals surface area contributed by atoms with Gasteiger partial charge in [0.15, 0.2) is 6.61 Å². The van der Waals surface area contributed by atoms with E-state index in [-0.39, 0.29) is 87.7 Å². The number of methoxy groups -OCH3 is 1. The Kier molecular flexibility index (Phi) is 25.9. The third-order valence-corrected chi connectivity index (χ3v) is 19.0. The molecule has 15 N–H and O–H groups in total. The van der Waals surface area contributed by atoms with E-state index in [2.05, 4.69) is 52.5 Å². The molecule has 4 aliphatic rings. The highest BCUT2D eigenvalue weighted by atomic mass is 19.1. The van der Waals surface area contributed by atoms with Gasteiger partial charge in [0.05, 0.1) is 19.8 Å². The first kappa shape index (κ1) is 76.6. The Morgan fingerprint density at radius 1 is 0.709 bits per heavy atom. The van der Waals surface area contributed by atoms with Crippen molar-refractivity contribution in [1.82, 2.24) is 62.3 Å². The van der Waals surface area contributed by atoms with Crippen LogP contribution in [0.1, 0.15) is 101 Å². The highest BCUT2D eigenvalue weighted by Crippen LogP contribution is 2.32. The van der Waals surface area contributed by atoms with Gasteiger partial charge in [0.1, 0.15) is 83.2 Å². The zero-order valence-corrected chi connectivity index (χ0v) is 57.7. The molecule has 2 fully saturated rings. The van der Waals surface area contributed by atoms with Crippen LogP contribution in [0.15, 0.2) is 97.3 Å². The second-order valence-electron chi connectivity index (χ2n) is 26.6. The molecule has 2 saturated heterocycles. The van der Waals surface area contributed by atoms with Gasteiger partial charge in [-0.2, -0.15) is 0 Å². The summed E-state index contributed by atoms with van der Waals surface area (Å²) in [4.78, 5) is 166. The normalized spacial score (nSPS) is 24.9. The van der Waals surface area contributed by atoms with Crippen LogP contribution in [0.3, 0.4) is 0 Å². The first-order valence-electron chi connectivity index (χ1n) is 34.4. The molecule has 11 atom stereocenters. The largest absolute Gasteiger partial charge is 0.497 e. The van der Waals surface area contributed by atoms with Crippen molar-refractivity contribution >= 4 is 86.8 Å². The molecule has 552 valence electrons. The average molecular weight is 1430 g/mol. The first-order chi connectivity index (χ1) is 49.2. The highest BCUT2D eigenvalue weighted by molar-refractivity contribution is 6.00. The number of benzene rings is 4. The number of ether oxygens (including phenoxy) is 2. The third kappa shape index (κ3) is 19.8. The Morgan fingerprint density at radius 2 is 1.34 bits per heavy atom. The number of aromatic nitrogens is 2. The van der Waals surface area contributed by atoms with E-state index in [0.29, 0.717) is 58.1 Å². The van der Waals surface area contributed by atoms with Crippen LogP contribution in [0.2, 0.25) is 0 Å². The maximum absolute atomic E-state index is 16.2. The van der Waals surface area contributed by atoms with E-state index < -0.39 is 169 Å². The number of alkyl halides is 1. The van der Waals surface area contributed by atoms with Gasteiger partial charge in [0.25, 0.3) is 5.91 Å². The standard InChI is InChI=1S/C72H89F3N14O14/c1-39-64(94)83-55(22-15-43-35-79-52-23-16-45(73)32-50(43)52)66(96)84-58(31-44-36-80-53-24-17-46(74)33-51(44)53)69(99)88-37-47(75)34-59(88)67(97)87-62(40(2)90)68(98)85-57(30-42-11-18-48(102-4)19-12-42)70(100)89-28-8-25-72(89,3)71(101)86-56(63(77)93)29-41-13-20-49(21-14-41)103-38-61(92)78-27-7-10-60(91)82-54(65(95)81-39)9-5-6-26-76/h11-14,16-21,23-24,32-33,35-36,39-40,47,54-59,62,79-80,90H,5-10,15,22,25-31,34,37-38,76H2,1-4H3,(H2,77,93)(H,78,92)(H,81,95)(H,82,91)(H,83,94)(H,84,96)(H,85,98)(H,86,101)(H,87,97)/t39-,40-,47+,54+,55+,56+,57+,58+,59+,62+,72+/m1/s1. The van der Waals surface area contributed by atoms with Crippen molar-refractivity contribution < 1.29 is 80.5 Å². The third-order valence-electron chi connectivity index (χ3n) is 19.0. The van der Waals surface area contributed by atoms with Crippen molar-refractivity contribution in [3.63, 3.8) is 0 Å². The van der Waals surface area contributed by atoms with Crippen LogP contribution >= 0.6 is 0 Å². The second kappa shape index (κ2) is 34.9. The molecule has 2 bridgehead atoms. The van der Waals surface area contributed by atoms with Crippen molar-refractivity contribution in [2.24, 2.45) is 11.5 Å². The predicted molar refractivity (Wildman–Crippen MR) is 370 cm³/mol. The van der Waals surface area contributed by atoms with Gasteiger partial charge < -0.3 is 88.3 Å². The van der Waals surface area contributed by atoms with E-state index in [1.807, 2.05) is 0 Å². The molecule has 6 aromatic rings. The van der Waals surface area contributed by atoms with Crippen LogP contribution in [0, 0.1) is 11.6 Å². The lowest BCUT2D eigenvalue weighted by atomic mass is 9.94. The molecule has 0 spiro atoms. The Morgan fingerprint density at radius 3 is 2.00 bits per heavy atom. The summed E-state index contributed by atoms with van der Waals surface area (Å²) in [6.45, 7) is 3.13. The van der Waals surface area contributed by atoms with Crippen molar-refractivity contribution in [3.05, 3.63) is 131 Å². The number of carbonyl (C=O) groups is 11. The van der Waals surface area contributed by atoms with Crippen LogP contribution < -0.4 is 63.5 Å². The number of rotatable bonds is 14. The fourth-order valence-electron chi connectivity index (χ4n) is 13.1. The number of hydrogen-bond acceptors (Lipinski definition) is 15. The van der Waals surface area contributed by atoms with Crippen molar-refractivity contribution in [2.75, 3.05) is 39.9 Å². The minimum atomic E-state index is -1.91. The number of fused-ring (bicyclic) bond motifs is 32. The number of primary amides is 1. The number of aliphatic hydroxyl groups is 1. The van der Waals surface area contributed by atoms with Gasteiger partial charge in [-0.15, -0.1) is 0 Å². The number of nitrogens with two attached hydrogens (primary N) is 2. The summed E-state index contributed by atoms with van der Waals surface area (Å²) in [5, 5.41) is 33.3.